The Bertz CT molecular complexity index is 260. The van der Waals surface area contributed by atoms with Gasteiger partial charge in [-0.3, -0.25) is 0 Å². The van der Waals surface area contributed by atoms with Gasteiger partial charge in [-0.1, -0.05) is 32.3 Å². The van der Waals surface area contributed by atoms with Crippen LogP contribution in [0.15, 0.2) is 24.3 Å². The van der Waals surface area contributed by atoms with E-state index in [0.29, 0.717) is 0 Å². The molecule has 0 saturated heterocycles. The third-order valence-electron chi connectivity index (χ3n) is 2.02. The maximum atomic E-state index is 5.62. The van der Waals surface area contributed by atoms with Crippen LogP contribution in [0.2, 0.25) is 0 Å². The zero-order chi connectivity index (χ0) is 10.2. The molecule has 0 saturated carbocycles. The predicted octanol–water partition coefficient (Wildman–Crippen LogP) is 3.04. The second kappa shape index (κ2) is 6.30. The van der Waals surface area contributed by atoms with Crippen LogP contribution in [-0.4, -0.2) is 6.61 Å². The molecule has 0 aromatic heterocycles. The molecule has 0 spiro atoms. The summed E-state index contributed by atoms with van der Waals surface area (Å²) in [6, 6.07) is 7.54. The highest BCUT2D eigenvalue weighted by molar-refractivity contribution is 5.43. The van der Waals surface area contributed by atoms with Gasteiger partial charge in [0.1, 0.15) is 5.75 Å². The number of nitrogens with two attached hydrogens (primary N) is 1. The summed E-state index contributed by atoms with van der Waals surface area (Å²) in [5, 5.41) is 0. The van der Waals surface area contributed by atoms with Gasteiger partial charge in [0.05, 0.1) is 6.61 Å². The monoisotopic (exact) mass is 192 g/mol. The van der Waals surface area contributed by atoms with Crippen LogP contribution in [0.5, 0.6) is 5.75 Å². The van der Waals surface area contributed by atoms with Crippen molar-refractivity contribution < 1.29 is 4.74 Å². The molecule has 0 aliphatic heterocycles. The Hall–Kier alpha value is -1.18. The van der Waals surface area contributed by atoms with E-state index in [0.717, 1.165) is 30.9 Å². The Kier molecular flexibility index (Phi) is 4.90. The molecular weight excluding hydrogens is 174 g/mol. The number of benzene rings is 1. The van der Waals surface area contributed by atoms with Crippen molar-refractivity contribution in [3.63, 3.8) is 0 Å². The normalized spacial score (nSPS) is 10.1. The first kappa shape index (κ1) is 10.9. The SMILES string of the molecule is [CH2]CCCCCOc1cccc(N)c1. The quantitative estimate of drug-likeness (QED) is 0.555. The molecule has 0 aliphatic rings. The second-order valence-corrected chi connectivity index (χ2v) is 3.34. The van der Waals surface area contributed by atoms with E-state index in [2.05, 4.69) is 6.92 Å². The molecule has 0 amide bonds. The summed E-state index contributed by atoms with van der Waals surface area (Å²) in [4.78, 5) is 0. The molecule has 0 bridgehead atoms. The van der Waals surface area contributed by atoms with Crippen LogP contribution >= 0.6 is 0 Å². The minimum Gasteiger partial charge on any atom is -0.494 e. The van der Waals surface area contributed by atoms with E-state index in [9.17, 15) is 0 Å². The third kappa shape index (κ3) is 4.17. The van der Waals surface area contributed by atoms with Crippen LogP contribution in [0.4, 0.5) is 5.69 Å². The van der Waals surface area contributed by atoms with Crippen molar-refractivity contribution in [2.75, 3.05) is 12.3 Å². The van der Waals surface area contributed by atoms with E-state index in [1.807, 2.05) is 24.3 Å². The van der Waals surface area contributed by atoms with Gasteiger partial charge in [0.25, 0.3) is 0 Å². The lowest BCUT2D eigenvalue weighted by atomic mass is 10.2. The molecule has 0 fully saturated rings. The lowest BCUT2D eigenvalue weighted by Crippen LogP contribution is -1.97. The lowest BCUT2D eigenvalue weighted by molar-refractivity contribution is 0.305. The summed E-state index contributed by atoms with van der Waals surface area (Å²) >= 11 is 0. The first-order valence-electron chi connectivity index (χ1n) is 5.10. The average molecular weight is 192 g/mol. The number of anilines is 1. The van der Waals surface area contributed by atoms with Crippen molar-refractivity contribution in [3.05, 3.63) is 31.2 Å². The van der Waals surface area contributed by atoms with Crippen molar-refractivity contribution in [3.8, 4) is 5.75 Å². The first-order valence-corrected chi connectivity index (χ1v) is 5.10. The molecule has 0 aliphatic carbocycles. The number of hydrogen-bond donors (Lipinski definition) is 1. The number of unbranched alkanes of at least 4 members (excludes halogenated alkanes) is 3. The van der Waals surface area contributed by atoms with Crippen LogP contribution in [-0.2, 0) is 0 Å². The predicted molar refractivity (Wildman–Crippen MR) is 60.2 cm³/mol. The van der Waals surface area contributed by atoms with Gasteiger partial charge in [-0.05, 0) is 18.6 Å². The summed E-state index contributed by atoms with van der Waals surface area (Å²) in [5.74, 6) is 0.861. The fourth-order valence-electron chi connectivity index (χ4n) is 1.25. The van der Waals surface area contributed by atoms with Crippen molar-refractivity contribution in [1.29, 1.82) is 0 Å². The van der Waals surface area contributed by atoms with Crippen LogP contribution < -0.4 is 10.5 Å². The van der Waals surface area contributed by atoms with Gasteiger partial charge in [-0.15, -0.1) is 0 Å². The van der Waals surface area contributed by atoms with Crippen molar-refractivity contribution in [1.82, 2.24) is 0 Å². The zero-order valence-electron chi connectivity index (χ0n) is 8.54. The van der Waals surface area contributed by atoms with Crippen LogP contribution in [0.25, 0.3) is 0 Å². The minimum absolute atomic E-state index is 0.750. The van der Waals surface area contributed by atoms with E-state index in [1.165, 1.54) is 12.8 Å². The molecule has 1 radical (unpaired) electrons. The maximum absolute atomic E-state index is 5.62. The summed E-state index contributed by atoms with van der Waals surface area (Å²) in [6.07, 6.45) is 4.47. The fourth-order valence-corrected chi connectivity index (χ4v) is 1.25. The largest absolute Gasteiger partial charge is 0.494 e. The van der Waals surface area contributed by atoms with E-state index < -0.39 is 0 Å². The van der Waals surface area contributed by atoms with Gasteiger partial charge in [0.15, 0.2) is 0 Å². The molecule has 0 atom stereocenters. The standard InChI is InChI=1S/C12H18NO/c1-2-3-4-5-9-14-12-8-6-7-11(13)10-12/h6-8,10H,1-5,9,13H2. The highest BCUT2D eigenvalue weighted by Gasteiger charge is 1.93. The lowest BCUT2D eigenvalue weighted by Gasteiger charge is -2.05. The minimum atomic E-state index is 0.750. The van der Waals surface area contributed by atoms with Gasteiger partial charge in [-0.25, -0.2) is 0 Å². The Morgan fingerprint density at radius 3 is 2.79 bits per heavy atom. The molecule has 1 aromatic rings. The summed E-state index contributed by atoms with van der Waals surface area (Å²) < 4.78 is 5.53. The van der Waals surface area contributed by atoms with Gasteiger partial charge >= 0.3 is 0 Å². The van der Waals surface area contributed by atoms with E-state index >= 15 is 0 Å². The third-order valence-corrected chi connectivity index (χ3v) is 2.02. The molecule has 14 heavy (non-hydrogen) atoms. The van der Waals surface area contributed by atoms with Gasteiger partial charge in [0.2, 0.25) is 0 Å². The molecule has 2 N–H and O–H groups in total. The summed E-state index contributed by atoms with van der Waals surface area (Å²) in [7, 11) is 0. The molecular formula is C12H18NO. The molecule has 2 heteroatoms. The number of nitrogen functional groups attached to an aromatic ring is 1. The van der Waals surface area contributed by atoms with E-state index in [-0.39, 0.29) is 0 Å². The van der Waals surface area contributed by atoms with E-state index in [4.69, 9.17) is 10.5 Å². The van der Waals surface area contributed by atoms with Crippen molar-refractivity contribution >= 4 is 5.69 Å². The smallest absolute Gasteiger partial charge is 0.121 e. The van der Waals surface area contributed by atoms with Crippen LogP contribution in [0, 0.1) is 6.92 Å². The van der Waals surface area contributed by atoms with E-state index in [1.54, 1.807) is 0 Å². The number of rotatable bonds is 6. The molecule has 1 aromatic carbocycles. The van der Waals surface area contributed by atoms with Crippen molar-refractivity contribution in [2.45, 2.75) is 25.7 Å². The van der Waals surface area contributed by atoms with Crippen molar-refractivity contribution in [2.24, 2.45) is 0 Å². The fraction of sp³-hybridized carbons (Fsp3) is 0.417. The Morgan fingerprint density at radius 2 is 2.07 bits per heavy atom. The topological polar surface area (TPSA) is 35.2 Å². The number of hydrogen-bond acceptors (Lipinski definition) is 2. The highest BCUT2D eigenvalue weighted by atomic mass is 16.5. The summed E-state index contributed by atoms with van der Waals surface area (Å²) in [5.41, 5.74) is 6.37. The Morgan fingerprint density at radius 1 is 1.21 bits per heavy atom. The summed E-state index contributed by atoms with van der Waals surface area (Å²) in [6.45, 7) is 4.56. The molecule has 2 nitrogen and oxygen atoms in total. The zero-order valence-corrected chi connectivity index (χ0v) is 8.54. The number of ether oxygens (including phenoxy) is 1. The average Bonchev–Trinajstić information content (AvgIpc) is 2.18. The first-order chi connectivity index (χ1) is 6.83. The van der Waals surface area contributed by atoms with Gasteiger partial charge < -0.3 is 10.5 Å². The molecule has 0 unspecified atom stereocenters. The molecule has 1 rings (SSSR count). The molecule has 0 heterocycles. The molecule has 77 valence electrons. The Labute approximate surface area is 86.1 Å². The Balaban J connectivity index is 2.18. The van der Waals surface area contributed by atoms with Crippen LogP contribution in [0.1, 0.15) is 25.7 Å². The highest BCUT2D eigenvalue weighted by Crippen LogP contribution is 2.14. The second-order valence-electron chi connectivity index (χ2n) is 3.34. The van der Waals surface area contributed by atoms with Crippen LogP contribution in [0.3, 0.4) is 0 Å². The van der Waals surface area contributed by atoms with Gasteiger partial charge in [-0.2, -0.15) is 0 Å². The maximum Gasteiger partial charge on any atom is 0.121 e. The van der Waals surface area contributed by atoms with Gasteiger partial charge in [0, 0.05) is 11.8 Å².